The molecule has 2 heterocycles. The fourth-order valence-corrected chi connectivity index (χ4v) is 5.99. The van der Waals surface area contributed by atoms with Crippen LogP contribution in [0.1, 0.15) is 33.9 Å². The van der Waals surface area contributed by atoms with E-state index in [1.54, 1.807) is 6.07 Å². The number of hydrogen-bond donors (Lipinski definition) is 6. The molecule has 0 spiro atoms. The number of benzene rings is 2. The molecule has 2 aliphatic heterocycles. The van der Waals surface area contributed by atoms with Gasteiger partial charge >= 0.3 is 26.7 Å². The summed E-state index contributed by atoms with van der Waals surface area (Å²) >= 11 is 0. The number of carboxylic acids is 1. The standard InChI is InChI=1S/C22H26BN4O11PS/c1-40(36,37)27-11-3-10-26(27)22(31)25-18(13-6-8-15(9-7-13)39(33,34)35)20(28)24-17-12-14-4-2-5-16(21(29)30)19(14)38-23(17)32/h2,4-9,17-18,32H,3,10-12H2,1H3,(H,24,28)(H,25,31)(H,29,30)(H2,33,34,35)/t17-,18+/m0/s1. The van der Waals surface area contributed by atoms with E-state index in [1.165, 1.54) is 24.3 Å². The quantitative estimate of drug-likeness (QED) is 0.167. The van der Waals surface area contributed by atoms with Crippen molar-refractivity contribution in [3.8, 4) is 5.75 Å². The van der Waals surface area contributed by atoms with Crippen LogP contribution in [0, 0.1) is 0 Å². The number of nitrogens with one attached hydrogen (secondary N) is 2. The third-order valence-corrected chi connectivity index (χ3v) is 8.49. The Morgan fingerprint density at radius 2 is 1.80 bits per heavy atom. The van der Waals surface area contributed by atoms with E-state index < -0.39 is 54.6 Å². The van der Waals surface area contributed by atoms with E-state index in [1.807, 2.05) is 0 Å². The van der Waals surface area contributed by atoms with Gasteiger partial charge in [-0.2, -0.15) is 0 Å². The van der Waals surface area contributed by atoms with Crippen LogP contribution in [0.25, 0.3) is 0 Å². The maximum Gasteiger partial charge on any atom is 0.547 e. The van der Waals surface area contributed by atoms with Crippen LogP contribution >= 0.6 is 7.60 Å². The minimum absolute atomic E-state index is 0.0187. The van der Waals surface area contributed by atoms with Gasteiger partial charge in [-0.05, 0) is 42.2 Å². The molecule has 6 N–H and O–H groups in total. The lowest BCUT2D eigenvalue weighted by Gasteiger charge is -2.31. The summed E-state index contributed by atoms with van der Waals surface area (Å²) < 4.78 is 42.1. The largest absolute Gasteiger partial charge is 0.547 e. The first-order valence-corrected chi connectivity index (χ1v) is 15.3. The van der Waals surface area contributed by atoms with Crippen molar-refractivity contribution < 1.29 is 51.9 Å². The number of sulfonamides is 1. The number of urea groups is 1. The first-order chi connectivity index (χ1) is 18.7. The SMILES string of the molecule is CS(=O)(=O)N1CCCN1C(=O)N[C@@H](C(=O)N[C@H]1Cc2cccc(C(=O)O)c2OB1O)c1ccc(P(=O)(O)O)cc1. The normalized spacial score (nSPS) is 18.4. The maximum absolute atomic E-state index is 13.5. The summed E-state index contributed by atoms with van der Waals surface area (Å²) in [6.07, 6.45) is 1.27. The highest BCUT2D eigenvalue weighted by molar-refractivity contribution is 7.88. The highest BCUT2D eigenvalue weighted by Gasteiger charge is 2.40. The van der Waals surface area contributed by atoms with Gasteiger partial charge in [0.15, 0.2) is 0 Å². The van der Waals surface area contributed by atoms with Gasteiger partial charge in [0.25, 0.3) is 0 Å². The predicted molar refractivity (Wildman–Crippen MR) is 140 cm³/mol. The van der Waals surface area contributed by atoms with Gasteiger partial charge in [0.2, 0.25) is 15.9 Å². The van der Waals surface area contributed by atoms with Gasteiger partial charge in [-0.3, -0.25) is 9.36 Å². The van der Waals surface area contributed by atoms with Gasteiger partial charge in [-0.1, -0.05) is 24.3 Å². The summed E-state index contributed by atoms with van der Waals surface area (Å²) in [5.41, 5.74) is 0.341. The number of carboxylic acid groups (broad SMARTS) is 1. The minimum atomic E-state index is -4.60. The fraction of sp³-hybridized carbons (Fsp3) is 0.318. The third kappa shape index (κ3) is 6.30. The molecule has 214 valence electrons. The molecular formula is C22H26BN4O11PS. The minimum Gasteiger partial charge on any atom is -0.534 e. The van der Waals surface area contributed by atoms with Crippen molar-refractivity contribution in [2.45, 2.75) is 24.8 Å². The second-order valence-electron chi connectivity index (χ2n) is 9.23. The van der Waals surface area contributed by atoms with Gasteiger partial charge in [-0.15, -0.1) is 4.41 Å². The molecule has 40 heavy (non-hydrogen) atoms. The van der Waals surface area contributed by atoms with Crippen LogP contribution in [0.5, 0.6) is 5.75 Å². The molecule has 0 bridgehead atoms. The number of fused-ring (bicyclic) bond motifs is 1. The van der Waals surface area contributed by atoms with Crippen LogP contribution in [0.4, 0.5) is 4.79 Å². The number of carbonyl (C=O) groups is 3. The molecule has 1 fully saturated rings. The average molecular weight is 596 g/mol. The van der Waals surface area contributed by atoms with Crippen molar-refractivity contribution in [1.29, 1.82) is 0 Å². The first kappa shape index (κ1) is 29.5. The summed E-state index contributed by atoms with van der Waals surface area (Å²) in [5.74, 6) is -3.23. The molecule has 0 unspecified atom stereocenters. The number of carbonyl (C=O) groups excluding carboxylic acids is 2. The summed E-state index contributed by atoms with van der Waals surface area (Å²) in [6, 6.07) is 6.57. The maximum atomic E-state index is 13.5. The highest BCUT2D eigenvalue weighted by atomic mass is 32.2. The monoisotopic (exact) mass is 596 g/mol. The molecule has 0 aromatic heterocycles. The number of para-hydroxylation sites is 1. The van der Waals surface area contributed by atoms with Crippen molar-refractivity contribution in [3.63, 3.8) is 0 Å². The van der Waals surface area contributed by atoms with Crippen LogP contribution in [0.15, 0.2) is 42.5 Å². The van der Waals surface area contributed by atoms with Crippen molar-refractivity contribution >= 4 is 47.9 Å². The predicted octanol–water partition coefficient (Wildman–Crippen LogP) is -1.04. The van der Waals surface area contributed by atoms with Crippen LogP contribution in [-0.4, -0.2) is 88.1 Å². The van der Waals surface area contributed by atoms with E-state index in [9.17, 15) is 47.3 Å². The Morgan fingerprint density at radius 1 is 1.12 bits per heavy atom. The number of amides is 3. The second kappa shape index (κ2) is 11.2. The van der Waals surface area contributed by atoms with E-state index in [2.05, 4.69) is 10.6 Å². The zero-order chi connectivity index (χ0) is 29.4. The summed E-state index contributed by atoms with van der Waals surface area (Å²) in [6.45, 7) is 0.117. The van der Waals surface area contributed by atoms with Crippen LogP contribution in [-0.2, 0) is 25.8 Å². The van der Waals surface area contributed by atoms with E-state index in [0.717, 1.165) is 27.8 Å². The fourth-order valence-electron chi connectivity index (χ4n) is 4.48. The zero-order valence-corrected chi connectivity index (χ0v) is 22.7. The zero-order valence-electron chi connectivity index (χ0n) is 21.0. The summed E-state index contributed by atoms with van der Waals surface area (Å²) in [5, 5.41) is 25.5. The molecule has 0 radical (unpaired) electrons. The van der Waals surface area contributed by atoms with Gasteiger partial charge < -0.3 is 35.2 Å². The smallest absolute Gasteiger partial charge is 0.534 e. The Balaban J connectivity index is 1.60. The number of hydrogen-bond acceptors (Lipinski definition) is 8. The van der Waals surface area contributed by atoms with Crippen LogP contribution in [0.2, 0.25) is 0 Å². The molecule has 2 aliphatic rings. The average Bonchev–Trinajstić information content (AvgIpc) is 3.38. The van der Waals surface area contributed by atoms with E-state index in [0.29, 0.717) is 12.0 Å². The lowest BCUT2D eigenvalue weighted by atomic mass is 9.72. The van der Waals surface area contributed by atoms with Crippen LogP contribution in [0.3, 0.4) is 0 Å². The molecule has 2 aromatic carbocycles. The van der Waals surface area contributed by atoms with E-state index in [4.69, 9.17) is 4.65 Å². The number of aromatic carboxylic acids is 1. The van der Waals surface area contributed by atoms with Crippen molar-refractivity contribution in [3.05, 3.63) is 59.2 Å². The highest BCUT2D eigenvalue weighted by Crippen LogP contribution is 2.34. The second-order valence-corrected chi connectivity index (χ2v) is 12.7. The number of nitrogens with zero attached hydrogens (tertiary/aromatic N) is 2. The molecule has 2 aromatic rings. The molecule has 0 saturated carbocycles. The van der Waals surface area contributed by atoms with E-state index in [-0.39, 0.29) is 41.7 Å². The Morgan fingerprint density at radius 3 is 2.40 bits per heavy atom. The first-order valence-electron chi connectivity index (χ1n) is 11.9. The topological polar surface area (TPSA) is 223 Å². The Bertz CT molecular complexity index is 1480. The van der Waals surface area contributed by atoms with Gasteiger partial charge in [-0.25, -0.2) is 23.0 Å². The molecule has 15 nitrogen and oxygen atoms in total. The lowest BCUT2D eigenvalue weighted by Crippen LogP contribution is -2.57. The third-order valence-electron chi connectivity index (χ3n) is 6.38. The van der Waals surface area contributed by atoms with Crippen molar-refractivity contribution in [1.82, 2.24) is 20.1 Å². The van der Waals surface area contributed by atoms with Crippen LogP contribution < -0.4 is 20.6 Å². The van der Waals surface area contributed by atoms with Gasteiger partial charge in [0, 0.05) is 13.1 Å². The number of hydrazine groups is 1. The van der Waals surface area contributed by atoms with Gasteiger partial charge in [0.05, 0.1) is 23.1 Å². The Hall–Kier alpha value is -3.47. The van der Waals surface area contributed by atoms with Crippen molar-refractivity contribution in [2.75, 3.05) is 19.3 Å². The molecule has 1 saturated heterocycles. The van der Waals surface area contributed by atoms with Crippen molar-refractivity contribution in [2.24, 2.45) is 0 Å². The lowest BCUT2D eigenvalue weighted by molar-refractivity contribution is -0.123. The number of rotatable bonds is 7. The Labute approximate surface area is 229 Å². The van der Waals surface area contributed by atoms with Gasteiger partial charge in [0.1, 0.15) is 11.8 Å². The summed E-state index contributed by atoms with van der Waals surface area (Å²) in [7, 11) is -10.0. The molecule has 4 rings (SSSR count). The molecule has 0 aliphatic carbocycles. The molecule has 3 amide bonds. The summed E-state index contributed by atoms with van der Waals surface area (Å²) in [4.78, 5) is 56.9. The molecular weight excluding hydrogens is 570 g/mol. The molecule has 2 atom stereocenters. The molecule has 18 heteroatoms. The van der Waals surface area contributed by atoms with E-state index >= 15 is 0 Å². The Kier molecular flexibility index (Phi) is 8.26.